The molecular formula is C11H7Cl2F3N2O. The van der Waals surface area contributed by atoms with Crippen LogP contribution in [-0.2, 0) is 15.5 Å². The van der Waals surface area contributed by atoms with Crippen molar-refractivity contribution in [1.29, 1.82) is 0 Å². The fourth-order valence-electron chi connectivity index (χ4n) is 2.47. The zero-order valence-corrected chi connectivity index (χ0v) is 11.0. The summed E-state index contributed by atoms with van der Waals surface area (Å²) < 4.78 is 45.5. The molecule has 3 nitrogen and oxygen atoms in total. The van der Waals surface area contributed by atoms with Gasteiger partial charge in [-0.15, -0.1) is 0 Å². The first-order chi connectivity index (χ1) is 8.82. The van der Waals surface area contributed by atoms with E-state index >= 15 is 0 Å². The van der Waals surface area contributed by atoms with Gasteiger partial charge in [-0.05, 0) is 17.7 Å². The van der Waals surface area contributed by atoms with Crippen LogP contribution in [-0.4, -0.2) is 17.3 Å². The Labute approximate surface area is 116 Å². The maximum atomic E-state index is 14.1. The Morgan fingerprint density at radius 1 is 1.53 bits per heavy atom. The van der Waals surface area contributed by atoms with Crippen molar-refractivity contribution in [2.75, 3.05) is 7.11 Å². The number of rotatable bonds is 2. The Balaban J connectivity index is 2.06. The number of aromatic amines is 1. The largest absolute Gasteiger partial charge is 0.499 e. The number of alkyl halides is 3. The average molecular weight is 311 g/mol. The van der Waals surface area contributed by atoms with E-state index in [9.17, 15) is 13.2 Å². The number of methoxy groups -OCH3 is 1. The summed E-state index contributed by atoms with van der Waals surface area (Å²) in [6, 6.07) is 0. The Bertz CT molecular complexity index is 632. The topological polar surface area (TPSA) is 37.9 Å². The molecule has 0 saturated heterocycles. The molecule has 2 aliphatic carbocycles. The van der Waals surface area contributed by atoms with Crippen molar-refractivity contribution in [1.82, 2.24) is 10.2 Å². The van der Waals surface area contributed by atoms with Gasteiger partial charge in [0.2, 0.25) is 0 Å². The Morgan fingerprint density at radius 3 is 2.79 bits per heavy atom. The molecule has 102 valence electrons. The van der Waals surface area contributed by atoms with E-state index in [-0.39, 0.29) is 22.7 Å². The number of nitrogens with zero attached hydrogens (tertiary/aromatic N) is 1. The van der Waals surface area contributed by atoms with Gasteiger partial charge in [-0.3, -0.25) is 5.10 Å². The minimum absolute atomic E-state index is 0.0360. The summed E-state index contributed by atoms with van der Waals surface area (Å²) in [7, 11) is 1.38. The normalized spacial score (nSPS) is 25.5. The van der Waals surface area contributed by atoms with Crippen LogP contribution in [0, 0.1) is 0 Å². The van der Waals surface area contributed by atoms with Gasteiger partial charge in [-0.2, -0.15) is 13.9 Å². The maximum absolute atomic E-state index is 14.1. The van der Waals surface area contributed by atoms with Crippen molar-refractivity contribution in [3.63, 3.8) is 0 Å². The average Bonchev–Trinajstić information content (AvgIpc) is 2.70. The lowest BCUT2D eigenvalue weighted by Gasteiger charge is -2.22. The van der Waals surface area contributed by atoms with Crippen molar-refractivity contribution in [2.24, 2.45) is 0 Å². The molecule has 1 aromatic heterocycles. The lowest BCUT2D eigenvalue weighted by Crippen LogP contribution is -2.20. The van der Waals surface area contributed by atoms with Crippen LogP contribution in [0.1, 0.15) is 23.4 Å². The number of halogens is 5. The van der Waals surface area contributed by atoms with Crippen molar-refractivity contribution >= 4 is 23.2 Å². The number of nitrogens with one attached hydrogen (secondary N) is 1. The van der Waals surface area contributed by atoms with Crippen LogP contribution >= 0.6 is 23.2 Å². The molecule has 8 heteroatoms. The highest BCUT2D eigenvalue weighted by atomic mass is 35.5. The fourth-order valence-corrected chi connectivity index (χ4v) is 2.85. The number of ether oxygens (including phenoxy) is 1. The molecule has 0 radical (unpaired) electrons. The summed E-state index contributed by atoms with van der Waals surface area (Å²) >= 11 is 10.8. The smallest absolute Gasteiger partial charge is 0.366 e. The third-order valence-corrected chi connectivity index (χ3v) is 3.92. The van der Waals surface area contributed by atoms with E-state index in [0.29, 0.717) is 5.76 Å². The molecule has 1 unspecified atom stereocenters. The predicted octanol–water partition coefficient (Wildman–Crippen LogP) is 3.65. The van der Waals surface area contributed by atoms with Gasteiger partial charge >= 0.3 is 5.38 Å². The van der Waals surface area contributed by atoms with E-state index in [1.165, 1.54) is 7.11 Å². The van der Waals surface area contributed by atoms with Crippen LogP contribution in [0.2, 0.25) is 0 Å². The van der Waals surface area contributed by atoms with Crippen molar-refractivity contribution in [3.05, 3.63) is 39.6 Å². The van der Waals surface area contributed by atoms with Crippen LogP contribution in [0.5, 0.6) is 0 Å². The number of allylic oxidation sites excluding steroid dienone is 4. The van der Waals surface area contributed by atoms with Crippen molar-refractivity contribution in [2.45, 2.75) is 17.2 Å². The first-order valence-electron chi connectivity index (χ1n) is 5.29. The lowest BCUT2D eigenvalue weighted by molar-refractivity contribution is 0.0883. The molecule has 1 N–H and O–H groups in total. The van der Waals surface area contributed by atoms with Gasteiger partial charge in [-0.1, -0.05) is 11.6 Å². The Kier molecular flexibility index (Phi) is 2.51. The first kappa shape index (κ1) is 12.9. The lowest BCUT2D eigenvalue weighted by atomic mass is 9.90. The second kappa shape index (κ2) is 3.70. The molecule has 0 bridgehead atoms. The minimum Gasteiger partial charge on any atom is -0.499 e. The molecule has 0 aliphatic heterocycles. The number of aromatic nitrogens is 2. The molecule has 19 heavy (non-hydrogen) atoms. The highest BCUT2D eigenvalue weighted by Crippen LogP contribution is 2.63. The van der Waals surface area contributed by atoms with Gasteiger partial charge in [0.25, 0.3) is 0 Å². The van der Waals surface area contributed by atoms with E-state index in [1.54, 1.807) is 0 Å². The predicted molar refractivity (Wildman–Crippen MR) is 62.8 cm³/mol. The zero-order valence-electron chi connectivity index (χ0n) is 9.53. The van der Waals surface area contributed by atoms with Gasteiger partial charge < -0.3 is 4.74 Å². The number of fused-ring (bicyclic) bond motifs is 3. The minimum atomic E-state index is -3.65. The quantitative estimate of drug-likeness (QED) is 0.847. The first-order valence-corrected chi connectivity index (χ1v) is 6.04. The summed E-state index contributed by atoms with van der Waals surface area (Å²) in [4.78, 5) is 0. The molecular weight excluding hydrogens is 304 g/mol. The number of H-pyrrole nitrogens is 1. The van der Waals surface area contributed by atoms with Crippen LogP contribution in [0.3, 0.4) is 0 Å². The molecule has 1 atom stereocenters. The summed E-state index contributed by atoms with van der Waals surface area (Å²) in [5, 5.41) is 2.29. The molecule has 0 aromatic carbocycles. The van der Waals surface area contributed by atoms with Gasteiger partial charge in [0.05, 0.1) is 23.3 Å². The van der Waals surface area contributed by atoms with Crippen molar-refractivity contribution < 1.29 is 17.9 Å². The van der Waals surface area contributed by atoms with Crippen LogP contribution in [0.15, 0.2) is 22.7 Å². The Hall–Kier alpha value is -1.14. The fraction of sp³-hybridized carbons (Fsp3) is 0.364. The van der Waals surface area contributed by atoms with Crippen LogP contribution in [0.4, 0.5) is 13.2 Å². The third kappa shape index (κ3) is 1.56. The SMILES string of the molecule is COC1=C(Cl)C=C(F)C2(C1)c1[nH]nc(C(F)(F)Cl)c12. The monoisotopic (exact) mass is 310 g/mol. The molecule has 1 spiro atoms. The van der Waals surface area contributed by atoms with E-state index in [0.717, 1.165) is 6.08 Å². The molecule has 1 aromatic rings. The van der Waals surface area contributed by atoms with E-state index in [4.69, 9.17) is 27.9 Å². The molecule has 0 saturated carbocycles. The van der Waals surface area contributed by atoms with Gasteiger partial charge in [0.1, 0.15) is 11.6 Å². The molecule has 0 amide bonds. The van der Waals surface area contributed by atoms with E-state index < -0.39 is 22.3 Å². The van der Waals surface area contributed by atoms with Crippen LogP contribution < -0.4 is 0 Å². The summed E-state index contributed by atoms with van der Waals surface area (Å²) in [6.45, 7) is 0. The number of hydrogen-bond donors (Lipinski definition) is 1. The van der Waals surface area contributed by atoms with Gasteiger partial charge in [0, 0.05) is 12.0 Å². The molecule has 2 aliphatic rings. The van der Waals surface area contributed by atoms with E-state index in [1.807, 2.05) is 0 Å². The standard InChI is InChI=1S/C11H7Cl2F3N2O/c1-19-5-3-10(6(14)2-4(5)12)7-8(10)17-18-9(7)11(13,15)16/h2H,3H2,1H3,(H,17,18). The third-order valence-electron chi connectivity index (χ3n) is 3.43. The molecule has 1 heterocycles. The highest BCUT2D eigenvalue weighted by molar-refractivity contribution is 6.31. The van der Waals surface area contributed by atoms with Gasteiger partial charge in [-0.25, -0.2) is 4.39 Å². The van der Waals surface area contributed by atoms with E-state index in [2.05, 4.69) is 10.2 Å². The molecule has 0 fully saturated rings. The second-order valence-electron chi connectivity index (χ2n) is 4.37. The van der Waals surface area contributed by atoms with Crippen LogP contribution in [0.25, 0.3) is 0 Å². The summed E-state index contributed by atoms with van der Waals surface area (Å²) in [5.41, 5.74) is -1.55. The zero-order chi connectivity index (χ0) is 14.0. The second-order valence-corrected chi connectivity index (χ2v) is 5.25. The Morgan fingerprint density at radius 2 is 2.21 bits per heavy atom. The van der Waals surface area contributed by atoms with Gasteiger partial charge in [0.15, 0.2) is 5.69 Å². The molecule has 3 rings (SSSR count). The maximum Gasteiger partial charge on any atom is 0.366 e. The summed E-state index contributed by atoms with van der Waals surface area (Å²) in [5.74, 6) is -0.291. The number of hydrogen-bond acceptors (Lipinski definition) is 2. The highest BCUT2D eigenvalue weighted by Gasteiger charge is 2.63. The van der Waals surface area contributed by atoms with Crippen molar-refractivity contribution in [3.8, 4) is 0 Å². The summed E-state index contributed by atoms with van der Waals surface area (Å²) in [6.07, 6.45) is 1.10.